The fourth-order valence-electron chi connectivity index (χ4n) is 1.59. The Morgan fingerprint density at radius 3 is 2.61 bits per heavy atom. The second kappa shape index (κ2) is 4.44. The van der Waals surface area contributed by atoms with Crippen LogP contribution < -0.4 is 0 Å². The van der Waals surface area contributed by atoms with Crippen LogP contribution in [-0.2, 0) is 6.18 Å². The zero-order valence-corrected chi connectivity index (χ0v) is 9.86. The van der Waals surface area contributed by atoms with Crippen molar-refractivity contribution in [1.29, 1.82) is 0 Å². The predicted octanol–water partition coefficient (Wildman–Crippen LogP) is 3.21. The molecule has 1 heterocycles. The van der Waals surface area contributed by atoms with Gasteiger partial charge in [0.1, 0.15) is 6.20 Å². The van der Waals surface area contributed by atoms with E-state index in [1.54, 1.807) is 6.07 Å². The van der Waals surface area contributed by atoms with Crippen molar-refractivity contribution in [2.45, 2.75) is 25.9 Å². The zero-order valence-electron chi connectivity index (χ0n) is 9.86. The summed E-state index contributed by atoms with van der Waals surface area (Å²) in [5.41, 5.74) is 0.279. The highest BCUT2D eigenvalue weighted by Crippen LogP contribution is 2.30. The maximum atomic E-state index is 12.6. The van der Waals surface area contributed by atoms with Gasteiger partial charge in [0.15, 0.2) is 0 Å². The first-order valence-electron chi connectivity index (χ1n) is 5.40. The van der Waals surface area contributed by atoms with Gasteiger partial charge in [-0.15, -0.1) is 5.10 Å². The second-order valence-electron chi connectivity index (χ2n) is 4.20. The van der Waals surface area contributed by atoms with Crippen LogP contribution in [0, 0.1) is 6.20 Å². The lowest BCUT2D eigenvalue weighted by atomic mass is 10.1. The molecule has 18 heavy (non-hydrogen) atoms. The third-order valence-corrected chi connectivity index (χ3v) is 2.49. The van der Waals surface area contributed by atoms with Crippen LogP contribution in [0.1, 0.15) is 31.0 Å². The van der Waals surface area contributed by atoms with Gasteiger partial charge in [-0.1, -0.05) is 25.1 Å². The smallest absolute Gasteiger partial charge is 0.217 e. The van der Waals surface area contributed by atoms with E-state index in [9.17, 15) is 13.2 Å². The van der Waals surface area contributed by atoms with E-state index in [4.69, 9.17) is 0 Å². The lowest BCUT2D eigenvalue weighted by molar-refractivity contribution is -0.137. The SMILES string of the molecule is CC(C)c1[c]nnn1-c1cccc(C(F)(F)F)c1. The Morgan fingerprint density at radius 2 is 2.00 bits per heavy atom. The van der Waals surface area contributed by atoms with E-state index in [-0.39, 0.29) is 5.92 Å². The van der Waals surface area contributed by atoms with Crippen molar-refractivity contribution >= 4 is 0 Å². The van der Waals surface area contributed by atoms with Gasteiger partial charge in [0.05, 0.1) is 16.9 Å². The highest BCUT2D eigenvalue weighted by atomic mass is 19.4. The monoisotopic (exact) mass is 254 g/mol. The minimum Gasteiger partial charge on any atom is -0.217 e. The van der Waals surface area contributed by atoms with E-state index in [1.807, 2.05) is 13.8 Å². The van der Waals surface area contributed by atoms with Crippen molar-refractivity contribution in [1.82, 2.24) is 15.0 Å². The molecule has 95 valence electrons. The molecular formula is C12H11F3N3. The van der Waals surface area contributed by atoms with Crippen LogP contribution in [0.5, 0.6) is 0 Å². The summed E-state index contributed by atoms with van der Waals surface area (Å²) in [5.74, 6) is 0.0783. The number of hydrogen-bond acceptors (Lipinski definition) is 2. The molecule has 0 amide bonds. The molecule has 3 nitrogen and oxygen atoms in total. The number of aromatic nitrogens is 3. The molecule has 1 aromatic carbocycles. The summed E-state index contributed by atoms with van der Waals surface area (Å²) in [6.45, 7) is 3.80. The molecule has 0 N–H and O–H groups in total. The average molecular weight is 254 g/mol. The maximum absolute atomic E-state index is 12.6. The summed E-state index contributed by atoms with van der Waals surface area (Å²) in [4.78, 5) is 0. The standard InChI is InChI=1S/C12H11F3N3/c1-8(2)11-7-16-17-18(11)10-5-3-4-9(6-10)12(13,14)15/h3-6,8H,1-2H3. The minimum absolute atomic E-state index is 0.0783. The number of halogens is 3. The lowest BCUT2D eigenvalue weighted by Gasteiger charge is -2.11. The Bertz CT molecular complexity index is 543. The molecular weight excluding hydrogens is 243 g/mol. The summed E-state index contributed by atoms with van der Waals surface area (Å²) in [7, 11) is 0. The molecule has 6 heteroatoms. The normalized spacial score (nSPS) is 12.1. The van der Waals surface area contributed by atoms with E-state index in [2.05, 4.69) is 16.5 Å². The number of benzene rings is 1. The molecule has 0 aliphatic rings. The Labute approximate surface area is 102 Å². The Kier molecular flexibility index (Phi) is 3.11. The number of nitrogens with zero attached hydrogens (tertiary/aromatic N) is 3. The molecule has 0 saturated carbocycles. The molecule has 0 aliphatic carbocycles. The summed E-state index contributed by atoms with van der Waals surface area (Å²) in [6.07, 6.45) is -1.68. The Hall–Kier alpha value is -1.85. The predicted molar refractivity (Wildman–Crippen MR) is 59.3 cm³/mol. The second-order valence-corrected chi connectivity index (χ2v) is 4.20. The Morgan fingerprint density at radius 1 is 1.28 bits per heavy atom. The van der Waals surface area contributed by atoms with Crippen LogP contribution in [-0.4, -0.2) is 15.0 Å². The minimum atomic E-state index is -4.36. The van der Waals surface area contributed by atoms with Crippen molar-refractivity contribution in [2.24, 2.45) is 0 Å². The fourth-order valence-corrected chi connectivity index (χ4v) is 1.59. The highest BCUT2D eigenvalue weighted by Gasteiger charge is 2.30. The molecule has 0 unspecified atom stereocenters. The van der Waals surface area contributed by atoms with Crippen LogP contribution in [0.25, 0.3) is 5.69 Å². The van der Waals surface area contributed by atoms with Gasteiger partial charge in [-0.2, -0.15) is 13.2 Å². The van der Waals surface area contributed by atoms with Gasteiger partial charge in [-0.05, 0) is 24.1 Å². The topological polar surface area (TPSA) is 30.7 Å². The molecule has 1 aromatic heterocycles. The largest absolute Gasteiger partial charge is 0.416 e. The molecule has 0 aliphatic heterocycles. The van der Waals surface area contributed by atoms with Gasteiger partial charge in [0.2, 0.25) is 0 Å². The third-order valence-electron chi connectivity index (χ3n) is 2.49. The quantitative estimate of drug-likeness (QED) is 0.823. The van der Waals surface area contributed by atoms with E-state index < -0.39 is 11.7 Å². The molecule has 2 rings (SSSR count). The van der Waals surface area contributed by atoms with Crippen molar-refractivity contribution in [2.75, 3.05) is 0 Å². The van der Waals surface area contributed by atoms with Gasteiger partial charge in [-0.25, -0.2) is 4.68 Å². The zero-order chi connectivity index (χ0) is 13.3. The van der Waals surface area contributed by atoms with Crippen LogP contribution in [0.2, 0.25) is 0 Å². The van der Waals surface area contributed by atoms with E-state index >= 15 is 0 Å². The van der Waals surface area contributed by atoms with Crippen LogP contribution in [0.3, 0.4) is 0 Å². The van der Waals surface area contributed by atoms with Crippen molar-refractivity contribution < 1.29 is 13.2 Å². The fraction of sp³-hybridized carbons (Fsp3) is 0.333. The summed E-state index contributed by atoms with van der Waals surface area (Å²) >= 11 is 0. The van der Waals surface area contributed by atoms with Crippen molar-refractivity contribution in [3.63, 3.8) is 0 Å². The van der Waals surface area contributed by atoms with Gasteiger partial charge in [0, 0.05) is 0 Å². The van der Waals surface area contributed by atoms with Gasteiger partial charge in [-0.3, -0.25) is 0 Å². The van der Waals surface area contributed by atoms with Gasteiger partial charge < -0.3 is 0 Å². The molecule has 0 spiro atoms. The third kappa shape index (κ3) is 2.37. The van der Waals surface area contributed by atoms with Crippen molar-refractivity contribution in [3.05, 3.63) is 41.7 Å². The van der Waals surface area contributed by atoms with Crippen molar-refractivity contribution in [3.8, 4) is 5.69 Å². The average Bonchev–Trinajstić information content (AvgIpc) is 2.77. The summed E-state index contributed by atoms with van der Waals surface area (Å²) in [5, 5.41) is 7.39. The lowest BCUT2D eigenvalue weighted by Crippen LogP contribution is -2.08. The Balaban J connectivity index is 2.48. The first-order valence-corrected chi connectivity index (χ1v) is 5.40. The van der Waals surface area contributed by atoms with Crippen LogP contribution >= 0.6 is 0 Å². The molecule has 0 fully saturated rings. The molecule has 0 bridgehead atoms. The maximum Gasteiger partial charge on any atom is 0.416 e. The summed E-state index contributed by atoms with van der Waals surface area (Å²) in [6, 6.07) is 4.99. The van der Waals surface area contributed by atoms with Crippen LogP contribution in [0.4, 0.5) is 13.2 Å². The molecule has 1 radical (unpaired) electrons. The molecule has 0 atom stereocenters. The van der Waals surface area contributed by atoms with E-state index in [0.29, 0.717) is 11.4 Å². The van der Waals surface area contributed by atoms with Gasteiger partial charge in [0.25, 0.3) is 0 Å². The van der Waals surface area contributed by atoms with Gasteiger partial charge >= 0.3 is 6.18 Å². The number of hydrogen-bond donors (Lipinski definition) is 0. The first-order chi connectivity index (χ1) is 8.39. The summed E-state index contributed by atoms with van der Waals surface area (Å²) < 4.78 is 39.2. The first kappa shape index (κ1) is 12.6. The van der Waals surface area contributed by atoms with Crippen LogP contribution in [0.15, 0.2) is 24.3 Å². The van der Waals surface area contributed by atoms with E-state index in [1.165, 1.54) is 10.7 Å². The highest BCUT2D eigenvalue weighted by molar-refractivity contribution is 5.37. The van der Waals surface area contributed by atoms with E-state index in [0.717, 1.165) is 12.1 Å². The molecule has 0 saturated heterocycles. The molecule has 2 aromatic rings. The number of alkyl halides is 3. The number of rotatable bonds is 2.